The van der Waals surface area contributed by atoms with Crippen molar-refractivity contribution in [1.29, 1.82) is 0 Å². The Hall–Kier alpha value is -0.160. The van der Waals surface area contributed by atoms with Crippen LogP contribution in [-0.2, 0) is 9.47 Å². The quantitative estimate of drug-likeness (QED) is 0.716. The minimum Gasteiger partial charge on any atom is -0.389 e. The molecule has 0 spiro atoms. The summed E-state index contributed by atoms with van der Waals surface area (Å²) in [7, 11) is 0. The molecule has 0 amide bonds. The van der Waals surface area contributed by atoms with Crippen LogP contribution in [0.4, 0.5) is 0 Å². The molecule has 4 heteroatoms. The molecule has 1 aliphatic heterocycles. The van der Waals surface area contributed by atoms with Gasteiger partial charge in [0.15, 0.2) is 0 Å². The van der Waals surface area contributed by atoms with Gasteiger partial charge in [-0.2, -0.15) is 0 Å². The molecule has 5 rings (SSSR count). The number of rotatable bonds is 7. The molecule has 5 fully saturated rings. The Morgan fingerprint density at radius 2 is 1.60 bits per heavy atom. The van der Waals surface area contributed by atoms with E-state index >= 15 is 0 Å². The predicted octanol–water partition coefficient (Wildman–Crippen LogP) is 3.08. The highest BCUT2D eigenvalue weighted by Gasteiger charge is 2.50. The first-order chi connectivity index (χ1) is 12.0. The molecule has 1 saturated heterocycles. The van der Waals surface area contributed by atoms with Crippen molar-refractivity contribution >= 4 is 0 Å². The van der Waals surface area contributed by atoms with Gasteiger partial charge in [-0.25, -0.2) is 0 Å². The lowest BCUT2D eigenvalue weighted by Crippen LogP contribution is -2.48. The summed E-state index contributed by atoms with van der Waals surface area (Å²) in [4.78, 5) is 2.31. The van der Waals surface area contributed by atoms with Crippen molar-refractivity contribution in [1.82, 2.24) is 4.90 Å². The Balaban J connectivity index is 1.16. The molecule has 25 heavy (non-hydrogen) atoms. The third kappa shape index (κ3) is 4.40. The zero-order valence-electron chi connectivity index (χ0n) is 16.2. The molecule has 0 aromatic carbocycles. The number of aliphatic hydroxyl groups excluding tert-OH is 1. The Bertz CT molecular complexity index is 409. The average Bonchev–Trinajstić information content (AvgIpc) is 2.49. The third-order valence-electron chi connectivity index (χ3n) is 7.22. The number of hydrogen-bond acceptors (Lipinski definition) is 4. The van der Waals surface area contributed by atoms with Crippen LogP contribution in [0, 0.1) is 23.2 Å². The maximum atomic E-state index is 10.3. The Morgan fingerprint density at radius 3 is 2.16 bits per heavy atom. The van der Waals surface area contributed by atoms with Crippen LogP contribution >= 0.6 is 0 Å². The summed E-state index contributed by atoms with van der Waals surface area (Å²) in [6.45, 7) is 8.05. The molecule has 5 aliphatic rings. The van der Waals surface area contributed by atoms with Crippen molar-refractivity contribution in [3.63, 3.8) is 0 Å². The van der Waals surface area contributed by atoms with Crippen LogP contribution in [0.25, 0.3) is 0 Å². The van der Waals surface area contributed by atoms with Crippen LogP contribution in [0.3, 0.4) is 0 Å². The van der Waals surface area contributed by atoms with E-state index in [9.17, 15) is 5.11 Å². The van der Waals surface area contributed by atoms with Gasteiger partial charge in [0, 0.05) is 26.2 Å². The number of nitrogens with zero attached hydrogens (tertiary/aromatic N) is 1. The number of hydrogen-bond donors (Lipinski definition) is 1. The summed E-state index contributed by atoms with van der Waals surface area (Å²) in [6.07, 6.45) is 10.2. The number of morpholine rings is 1. The van der Waals surface area contributed by atoms with Gasteiger partial charge in [-0.1, -0.05) is 0 Å². The minimum absolute atomic E-state index is 0.257. The number of β-amino-alcohol motifs (C(OH)–C–C–N with tert-alkyl or cyclic N) is 1. The van der Waals surface area contributed by atoms with Gasteiger partial charge in [0.05, 0.1) is 24.9 Å². The van der Waals surface area contributed by atoms with E-state index in [4.69, 9.17) is 9.47 Å². The Kier molecular flexibility index (Phi) is 5.43. The van der Waals surface area contributed by atoms with E-state index < -0.39 is 0 Å². The monoisotopic (exact) mass is 351 g/mol. The van der Waals surface area contributed by atoms with Crippen molar-refractivity contribution in [3.05, 3.63) is 0 Å². The van der Waals surface area contributed by atoms with E-state index in [0.717, 1.165) is 37.5 Å². The van der Waals surface area contributed by atoms with Crippen LogP contribution in [-0.4, -0.2) is 61.2 Å². The first-order valence-electron chi connectivity index (χ1n) is 10.6. The zero-order valence-corrected chi connectivity index (χ0v) is 16.2. The maximum Gasteiger partial charge on any atom is 0.0900 e. The van der Waals surface area contributed by atoms with E-state index in [1.165, 1.54) is 44.9 Å². The van der Waals surface area contributed by atoms with Gasteiger partial charge >= 0.3 is 0 Å². The topological polar surface area (TPSA) is 41.9 Å². The van der Waals surface area contributed by atoms with E-state index in [2.05, 4.69) is 18.7 Å². The Morgan fingerprint density at radius 1 is 1.04 bits per heavy atom. The second-order valence-corrected chi connectivity index (χ2v) is 9.87. The van der Waals surface area contributed by atoms with Crippen LogP contribution in [0.2, 0.25) is 0 Å². The molecule has 144 valence electrons. The predicted molar refractivity (Wildman–Crippen MR) is 98.5 cm³/mol. The second-order valence-electron chi connectivity index (χ2n) is 9.87. The summed E-state index contributed by atoms with van der Waals surface area (Å²) in [5.41, 5.74) is 0.592. The lowest BCUT2D eigenvalue weighted by molar-refractivity contribution is -0.0882. The fourth-order valence-corrected chi connectivity index (χ4v) is 6.89. The SMILES string of the molecule is C[C@H]1CN(C[C@H](O)COCCC23CC4CC(CC(C4)C2)C3)C[C@H](C)O1. The molecular weight excluding hydrogens is 314 g/mol. The minimum atomic E-state index is -0.381. The molecule has 0 unspecified atom stereocenters. The normalized spacial score (nSPS) is 45.0. The van der Waals surface area contributed by atoms with Gasteiger partial charge in [-0.05, 0) is 82.0 Å². The van der Waals surface area contributed by atoms with Gasteiger partial charge in [0.1, 0.15) is 0 Å². The van der Waals surface area contributed by atoms with Gasteiger partial charge < -0.3 is 14.6 Å². The molecule has 4 saturated carbocycles. The van der Waals surface area contributed by atoms with Crippen molar-refractivity contribution in [2.45, 2.75) is 77.1 Å². The third-order valence-corrected chi connectivity index (χ3v) is 7.22. The lowest BCUT2D eigenvalue weighted by atomic mass is 9.49. The molecule has 0 radical (unpaired) electrons. The van der Waals surface area contributed by atoms with Crippen molar-refractivity contribution < 1.29 is 14.6 Å². The fraction of sp³-hybridized carbons (Fsp3) is 1.00. The molecule has 4 nitrogen and oxygen atoms in total. The largest absolute Gasteiger partial charge is 0.389 e. The highest BCUT2D eigenvalue weighted by Crippen LogP contribution is 2.61. The molecule has 3 atom stereocenters. The zero-order chi connectivity index (χ0) is 17.4. The van der Waals surface area contributed by atoms with Crippen molar-refractivity contribution in [2.24, 2.45) is 23.2 Å². The van der Waals surface area contributed by atoms with E-state index in [-0.39, 0.29) is 18.3 Å². The summed E-state index contributed by atoms with van der Waals surface area (Å²) < 4.78 is 11.7. The first kappa shape index (κ1) is 18.2. The number of aliphatic hydroxyl groups is 1. The van der Waals surface area contributed by atoms with Gasteiger partial charge in [-0.3, -0.25) is 4.90 Å². The van der Waals surface area contributed by atoms with E-state index in [1.807, 2.05) is 0 Å². The van der Waals surface area contributed by atoms with Gasteiger partial charge in [0.25, 0.3) is 0 Å². The standard InChI is InChI=1S/C21H37NO3/c1-15-11-22(12-16(2)25-15)13-20(23)14-24-4-3-21-8-17-5-18(9-21)7-19(6-17)10-21/h15-20,23H,3-14H2,1-2H3/t15-,16-,17?,18?,19?,20-,21?/m0/s1. The van der Waals surface area contributed by atoms with Crippen molar-refractivity contribution in [3.8, 4) is 0 Å². The second kappa shape index (κ2) is 7.46. The van der Waals surface area contributed by atoms with Gasteiger partial charge in [0.2, 0.25) is 0 Å². The maximum absolute atomic E-state index is 10.3. The molecular formula is C21H37NO3. The van der Waals surface area contributed by atoms with Crippen LogP contribution < -0.4 is 0 Å². The molecule has 1 N–H and O–H groups in total. The summed E-state index contributed by atoms with van der Waals surface area (Å²) in [5.74, 6) is 3.05. The smallest absolute Gasteiger partial charge is 0.0900 e. The van der Waals surface area contributed by atoms with Gasteiger partial charge in [-0.15, -0.1) is 0 Å². The molecule has 0 aromatic rings. The summed E-state index contributed by atoms with van der Waals surface area (Å²) in [6, 6.07) is 0. The van der Waals surface area contributed by atoms with Crippen LogP contribution in [0.1, 0.15) is 58.8 Å². The lowest BCUT2D eigenvalue weighted by Gasteiger charge is -2.57. The molecule has 1 heterocycles. The highest BCUT2D eigenvalue weighted by molar-refractivity contribution is 5.01. The van der Waals surface area contributed by atoms with E-state index in [1.54, 1.807) is 0 Å². The number of ether oxygens (including phenoxy) is 2. The van der Waals surface area contributed by atoms with Crippen molar-refractivity contribution in [2.75, 3.05) is 32.8 Å². The summed E-state index contributed by atoms with van der Waals surface area (Å²) >= 11 is 0. The first-order valence-corrected chi connectivity index (χ1v) is 10.6. The molecule has 0 aromatic heterocycles. The van der Waals surface area contributed by atoms with Crippen LogP contribution in [0.15, 0.2) is 0 Å². The average molecular weight is 352 g/mol. The molecule has 4 bridgehead atoms. The highest BCUT2D eigenvalue weighted by atomic mass is 16.5. The Labute approximate surface area is 153 Å². The van der Waals surface area contributed by atoms with Crippen LogP contribution in [0.5, 0.6) is 0 Å². The summed E-state index contributed by atoms with van der Waals surface area (Å²) in [5, 5.41) is 10.3. The molecule has 4 aliphatic carbocycles. The fourth-order valence-electron chi connectivity index (χ4n) is 6.89. The van der Waals surface area contributed by atoms with E-state index in [0.29, 0.717) is 18.6 Å².